The zero-order valence-electron chi connectivity index (χ0n) is 14.0. The number of benzene rings is 2. The monoisotopic (exact) mass is 332 g/mol. The van der Waals surface area contributed by atoms with Crippen molar-refractivity contribution in [3.63, 3.8) is 0 Å². The molecule has 3 aromatic rings. The molecule has 0 saturated heterocycles. The maximum atomic E-state index is 12.1. The summed E-state index contributed by atoms with van der Waals surface area (Å²) in [6.45, 7) is 2.52. The molecule has 0 aliphatic carbocycles. The molecule has 1 amide bonds. The molecule has 0 aliphatic rings. The minimum absolute atomic E-state index is 0.105. The van der Waals surface area contributed by atoms with Gasteiger partial charge in [0.1, 0.15) is 11.5 Å². The standard InChI is InChI=1S/C20H20N4O/c1-15(17-10-6-3-7-11-17)24-19-14-21-18(13-22-19)20(25)23-12-16-8-4-2-5-9-16/h2-11,13-15H,12H2,1H3,(H,22,24)(H,23,25). The Kier molecular flexibility index (Phi) is 5.36. The van der Waals surface area contributed by atoms with Gasteiger partial charge in [0.15, 0.2) is 0 Å². The maximum Gasteiger partial charge on any atom is 0.271 e. The van der Waals surface area contributed by atoms with E-state index >= 15 is 0 Å². The highest BCUT2D eigenvalue weighted by atomic mass is 16.1. The number of rotatable bonds is 6. The van der Waals surface area contributed by atoms with Crippen LogP contribution in [0, 0.1) is 0 Å². The smallest absolute Gasteiger partial charge is 0.271 e. The van der Waals surface area contributed by atoms with Crippen LogP contribution in [0.4, 0.5) is 5.82 Å². The van der Waals surface area contributed by atoms with Crippen LogP contribution < -0.4 is 10.6 Å². The second-order valence-corrected chi connectivity index (χ2v) is 5.73. The van der Waals surface area contributed by atoms with E-state index in [0.29, 0.717) is 18.1 Å². The molecule has 1 aromatic heterocycles. The first-order valence-electron chi connectivity index (χ1n) is 8.18. The van der Waals surface area contributed by atoms with Crippen LogP contribution in [-0.2, 0) is 6.54 Å². The zero-order chi connectivity index (χ0) is 17.5. The predicted molar refractivity (Wildman–Crippen MR) is 98.1 cm³/mol. The summed E-state index contributed by atoms with van der Waals surface area (Å²) in [5.41, 5.74) is 2.50. The van der Waals surface area contributed by atoms with Crippen molar-refractivity contribution < 1.29 is 4.79 Å². The van der Waals surface area contributed by atoms with Gasteiger partial charge in [0.05, 0.1) is 12.4 Å². The summed E-state index contributed by atoms with van der Waals surface area (Å²) in [4.78, 5) is 20.6. The second-order valence-electron chi connectivity index (χ2n) is 5.73. The molecule has 25 heavy (non-hydrogen) atoms. The van der Waals surface area contributed by atoms with Crippen LogP contribution in [-0.4, -0.2) is 15.9 Å². The molecular formula is C20H20N4O. The predicted octanol–water partition coefficient (Wildman–Crippen LogP) is 3.58. The SMILES string of the molecule is CC(Nc1cnc(C(=O)NCc2ccccc2)cn1)c1ccccc1. The fourth-order valence-corrected chi connectivity index (χ4v) is 2.44. The summed E-state index contributed by atoms with van der Waals surface area (Å²) in [5, 5.41) is 6.12. The van der Waals surface area contributed by atoms with E-state index < -0.39 is 0 Å². The van der Waals surface area contributed by atoms with Crippen molar-refractivity contribution in [3.8, 4) is 0 Å². The largest absolute Gasteiger partial charge is 0.362 e. The zero-order valence-corrected chi connectivity index (χ0v) is 14.0. The van der Waals surface area contributed by atoms with E-state index in [4.69, 9.17) is 0 Å². The minimum atomic E-state index is -0.237. The number of hydrogen-bond acceptors (Lipinski definition) is 4. The van der Waals surface area contributed by atoms with Crippen LogP contribution in [0.1, 0.15) is 34.6 Å². The molecule has 1 unspecified atom stereocenters. The molecule has 5 nitrogen and oxygen atoms in total. The van der Waals surface area contributed by atoms with E-state index in [2.05, 4.69) is 39.7 Å². The summed E-state index contributed by atoms with van der Waals surface area (Å²) in [5.74, 6) is 0.398. The molecule has 3 rings (SSSR count). The van der Waals surface area contributed by atoms with Gasteiger partial charge in [-0.05, 0) is 18.1 Å². The van der Waals surface area contributed by atoms with Crippen molar-refractivity contribution in [1.29, 1.82) is 0 Å². The Morgan fingerprint density at radius 1 is 0.960 bits per heavy atom. The maximum absolute atomic E-state index is 12.1. The first-order valence-corrected chi connectivity index (χ1v) is 8.18. The van der Waals surface area contributed by atoms with Gasteiger partial charge in [-0.15, -0.1) is 0 Å². The first kappa shape index (κ1) is 16.6. The summed E-state index contributed by atoms with van der Waals surface area (Å²) >= 11 is 0. The average molecular weight is 332 g/mol. The Labute approximate surface area is 147 Å². The van der Waals surface area contributed by atoms with Crippen LogP contribution in [0.2, 0.25) is 0 Å². The van der Waals surface area contributed by atoms with E-state index in [-0.39, 0.29) is 11.9 Å². The minimum Gasteiger partial charge on any atom is -0.362 e. The molecule has 2 N–H and O–H groups in total. The molecule has 0 spiro atoms. The highest BCUT2D eigenvalue weighted by Crippen LogP contribution is 2.16. The number of carbonyl (C=O) groups excluding carboxylic acids is 1. The lowest BCUT2D eigenvalue weighted by molar-refractivity contribution is 0.0945. The number of anilines is 1. The third kappa shape index (κ3) is 4.64. The number of nitrogens with zero attached hydrogens (tertiary/aromatic N) is 2. The van der Waals surface area contributed by atoms with Gasteiger partial charge in [-0.2, -0.15) is 0 Å². The molecule has 126 valence electrons. The van der Waals surface area contributed by atoms with Crippen molar-refractivity contribution in [2.75, 3.05) is 5.32 Å². The van der Waals surface area contributed by atoms with Crippen LogP contribution in [0.3, 0.4) is 0 Å². The Bertz CT molecular complexity index is 804. The molecular weight excluding hydrogens is 312 g/mol. The first-order chi connectivity index (χ1) is 12.2. The summed E-state index contributed by atoms with van der Waals surface area (Å²) in [7, 11) is 0. The molecule has 0 aliphatic heterocycles. The molecule has 1 heterocycles. The van der Waals surface area contributed by atoms with Crippen molar-refractivity contribution in [2.45, 2.75) is 19.5 Å². The Hall–Kier alpha value is -3.21. The van der Waals surface area contributed by atoms with Crippen molar-refractivity contribution >= 4 is 11.7 Å². The normalized spacial score (nSPS) is 11.6. The number of aromatic nitrogens is 2. The van der Waals surface area contributed by atoms with Gasteiger partial charge in [-0.3, -0.25) is 4.79 Å². The fraction of sp³-hybridized carbons (Fsp3) is 0.150. The van der Waals surface area contributed by atoms with Gasteiger partial charge in [0, 0.05) is 12.6 Å². The summed E-state index contributed by atoms with van der Waals surface area (Å²) in [6, 6.07) is 19.9. The quantitative estimate of drug-likeness (QED) is 0.724. The van der Waals surface area contributed by atoms with Gasteiger partial charge >= 0.3 is 0 Å². The Morgan fingerprint density at radius 2 is 1.64 bits per heavy atom. The molecule has 0 fully saturated rings. The van der Waals surface area contributed by atoms with Crippen LogP contribution in [0.15, 0.2) is 73.1 Å². The second kappa shape index (κ2) is 8.06. The number of nitrogens with one attached hydrogen (secondary N) is 2. The van der Waals surface area contributed by atoms with Crippen molar-refractivity contribution in [3.05, 3.63) is 89.9 Å². The lowest BCUT2D eigenvalue weighted by atomic mass is 10.1. The molecule has 0 radical (unpaired) electrons. The lowest BCUT2D eigenvalue weighted by Crippen LogP contribution is -2.24. The van der Waals surface area contributed by atoms with E-state index in [9.17, 15) is 4.79 Å². The topological polar surface area (TPSA) is 66.9 Å². The number of carbonyl (C=O) groups is 1. The van der Waals surface area contributed by atoms with Gasteiger partial charge in [0.2, 0.25) is 0 Å². The van der Waals surface area contributed by atoms with Gasteiger partial charge in [-0.1, -0.05) is 60.7 Å². The van der Waals surface area contributed by atoms with Crippen LogP contribution >= 0.6 is 0 Å². The van der Waals surface area contributed by atoms with Crippen molar-refractivity contribution in [1.82, 2.24) is 15.3 Å². The highest BCUT2D eigenvalue weighted by Gasteiger charge is 2.09. The molecule has 5 heteroatoms. The van der Waals surface area contributed by atoms with E-state index in [1.165, 1.54) is 6.20 Å². The van der Waals surface area contributed by atoms with Crippen LogP contribution in [0.25, 0.3) is 0 Å². The van der Waals surface area contributed by atoms with E-state index in [1.54, 1.807) is 6.20 Å². The molecule has 1 atom stereocenters. The molecule has 2 aromatic carbocycles. The summed E-state index contributed by atoms with van der Waals surface area (Å²) in [6.07, 6.45) is 3.07. The van der Waals surface area contributed by atoms with Gasteiger partial charge < -0.3 is 10.6 Å². The van der Waals surface area contributed by atoms with Gasteiger partial charge in [0.25, 0.3) is 5.91 Å². The van der Waals surface area contributed by atoms with E-state index in [1.807, 2.05) is 48.5 Å². The molecule has 0 bridgehead atoms. The van der Waals surface area contributed by atoms with E-state index in [0.717, 1.165) is 11.1 Å². The lowest BCUT2D eigenvalue weighted by Gasteiger charge is -2.14. The Balaban J connectivity index is 1.57. The average Bonchev–Trinajstić information content (AvgIpc) is 2.68. The number of amides is 1. The Morgan fingerprint density at radius 3 is 2.28 bits per heavy atom. The highest BCUT2D eigenvalue weighted by molar-refractivity contribution is 5.91. The third-order valence-electron chi connectivity index (χ3n) is 3.84. The van der Waals surface area contributed by atoms with Crippen LogP contribution in [0.5, 0.6) is 0 Å². The van der Waals surface area contributed by atoms with Crippen molar-refractivity contribution in [2.24, 2.45) is 0 Å². The fourth-order valence-electron chi connectivity index (χ4n) is 2.44. The summed E-state index contributed by atoms with van der Waals surface area (Å²) < 4.78 is 0. The third-order valence-corrected chi connectivity index (χ3v) is 3.84. The number of hydrogen-bond donors (Lipinski definition) is 2. The van der Waals surface area contributed by atoms with Gasteiger partial charge in [-0.25, -0.2) is 9.97 Å². The molecule has 0 saturated carbocycles.